The Balaban J connectivity index is 2.08. The number of carbonyl (C=O) groups excluding carboxylic acids is 1. The van der Waals surface area contributed by atoms with Gasteiger partial charge in [-0.2, -0.15) is 5.10 Å². The molecule has 1 fully saturated rings. The summed E-state index contributed by atoms with van der Waals surface area (Å²) in [5, 5.41) is 7.86. The van der Waals surface area contributed by atoms with Gasteiger partial charge in [-0.05, 0) is 51.1 Å². The van der Waals surface area contributed by atoms with E-state index in [0.29, 0.717) is 5.92 Å². The van der Waals surface area contributed by atoms with Gasteiger partial charge < -0.3 is 11.1 Å². The fourth-order valence-corrected chi connectivity index (χ4v) is 3.69. The first-order valence-corrected chi connectivity index (χ1v) is 8.11. The van der Waals surface area contributed by atoms with E-state index in [-0.39, 0.29) is 5.91 Å². The zero-order chi connectivity index (χ0) is 15.5. The largest absolute Gasteiger partial charge is 0.368 e. The van der Waals surface area contributed by atoms with Gasteiger partial charge in [0.1, 0.15) is 5.54 Å². The molecule has 0 spiro atoms. The number of hydrogen-bond acceptors (Lipinski definition) is 3. The molecule has 2 unspecified atom stereocenters. The fraction of sp³-hybridized carbons (Fsp3) is 0.750. The summed E-state index contributed by atoms with van der Waals surface area (Å²) in [7, 11) is 1.85. The van der Waals surface area contributed by atoms with Crippen LogP contribution in [-0.2, 0) is 24.2 Å². The van der Waals surface area contributed by atoms with Gasteiger partial charge in [-0.25, -0.2) is 0 Å². The van der Waals surface area contributed by atoms with E-state index in [1.807, 2.05) is 7.05 Å². The Morgan fingerprint density at radius 1 is 1.52 bits per heavy atom. The maximum absolute atomic E-state index is 11.9. The van der Waals surface area contributed by atoms with Crippen LogP contribution in [0.15, 0.2) is 6.07 Å². The first kappa shape index (κ1) is 16.0. The molecule has 2 rings (SSSR count). The predicted molar refractivity (Wildman–Crippen MR) is 83.9 cm³/mol. The number of nitrogens with two attached hydrogens (primary N) is 1. The van der Waals surface area contributed by atoms with Crippen molar-refractivity contribution in [1.82, 2.24) is 15.1 Å². The molecule has 1 aromatic rings. The van der Waals surface area contributed by atoms with Crippen molar-refractivity contribution in [2.45, 2.75) is 64.5 Å². The highest BCUT2D eigenvalue weighted by Gasteiger charge is 2.46. The molecule has 0 saturated heterocycles. The minimum Gasteiger partial charge on any atom is -0.368 e. The lowest BCUT2D eigenvalue weighted by atomic mass is 9.84. The summed E-state index contributed by atoms with van der Waals surface area (Å²) in [4.78, 5) is 11.9. The summed E-state index contributed by atoms with van der Waals surface area (Å²) < 4.78 is 2.11. The fourth-order valence-electron chi connectivity index (χ4n) is 3.69. The van der Waals surface area contributed by atoms with Crippen LogP contribution in [0.1, 0.15) is 50.9 Å². The molecule has 118 valence electrons. The third-order valence-electron chi connectivity index (χ3n) is 5.03. The lowest BCUT2D eigenvalue weighted by Gasteiger charge is -2.32. The van der Waals surface area contributed by atoms with Crippen molar-refractivity contribution in [3.63, 3.8) is 0 Å². The van der Waals surface area contributed by atoms with Crippen molar-refractivity contribution in [1.29, 1.82) is 0 Å². The SMILES string of the molecule is CCc1cc(CC)n(CCC2CCCC2(NC)C(N)=O)n1. The van der Waals surface area contributed by atoms with Gasteiger partial charge in [-0.3, -0.25) is 9.48 Å². The lowest BCUT2D eigenvalue weighted by Crippen LogP contribution is -2.56. The van der Waals surface area contributed by atoms with Gasteiger partial charge in [-0.15, -0.1) is 0 Å². The van der Waals surface area contributed by atoms with Gasteiger partial charge in [0.05, 0.1) is 5.69 Å². The maximum atomic E-state index is 11.9. The molecule has 0 aromatic carbocycles. The van der Waals surface area contributed by atoms with E-state index in [2.05, 4.69) is 35.0 Å². The molecular weight excluding hydrogens is 264 g/mol. The standard InChI is InChI=1S/C16H28N4O/c1-4-13-11-14(5-2)20(19-13)10-8-12-7-6-9-16(12,18-3)15(17)21/h11-12,18H,4-10H2,1-3H3,(H2,17,21). The third-order valence-corrected chi connectivity index (χ3v) is 5.03. The van der Waals surface area contributed by atoms with E-state index < -0.39 is 5.54 Å². The summed E-state index contributed by atoms with van der Waals surface area (Å²) in [6.45, 7) is 5.15. The average Bonchev–Trinajstić information content (AvgIpc) is 3.08. The van der Waals surface area contributed by atoms with Gasteiger partial charge in [0, 0.05) is 12.2 Å². The lowest BCUT2D eigenvalue weighted by molar-refractivity contribution is -0.125. The van der Waals surface area contributed by atoms with Crippen molar-refractivity contribution in [3.8, 4) is 0 Å². The maximum Gasteiger partial charge on any atom is 0.238 e. The van der Waals surface area contributed by atoms with Gasteiger partial charge in [0.2, 0.25) is 5.91 Å². The minimum absolute atomic E-state index is 0.210. The smallest absolute Gasteiger partial charge is 0.238 e. The molecule has 0 radical (unpaired) electrons. The first-order valence-electron chi connectivity index (χ1n) is 8.11. The summed E-state index contributed by atoms with van der Waals surface area (Å²) in [5.41, 5.74) is 7.56. The number of rotatable bonds is 7. The van der Waals surface area contributed by atoms with Crippen molar-refractivity contribution >= 4 is 5.91 Å². The first-order chi connectivity index (χ1) is 10.1. The third kappa shape index (κ3) is 2.98. The van der Waals surface area contributed by atoms with Crippen LogP contribution in [0.25, 0.3) is 0 Å². The normalized spacial score (nSPS) is 25.4. The zero-order valence-electron chi connectivity index (χ0n) is 13.5. The molecule has 5 heteroatoms. The molecule has 5 nitrogen and oxygen atoms in total. The van der Waals surface area contributed by atoms with Crippen molar-refractivity contribution < 1.29 is 4.79 Å². The van der Waals surface area contributed by atoms with Gasteiger partial charge in [-0.1, -0.05) is 20.3 Å². The monoisotopic (exact) mass is 292 g/mol. The highest BCUT2D eigenvalue weighted by Crippen LogP contribution is 2.38. The van der Waals surface area contributed by atoms with Gasteiger partial charge >= 0.3 is 0 Å². The number of nitrogens with one attached hydrogen (secondary N) is 1. The Kier molecular flexibility index (Phi) is 5.04. The summed E-state index contributed by atoms with van der Waals surface area (Å²) in [5.74, 6) is 0.0944. The number of aromatic nitrogens is 2. The quantitative estimate of drug-likeness (QED) is 0.802. The number of hydrogen-bond donors (Lipinski definition) is 2. The average molecular weight is 292 g/mol. The highest BCUT2D eigenvalue weighted by atomic mass is 16.1. The Morgan fingerprint density at radius 2 is 2.29 bits per heavy atom. The number of aryl methyl sites for hydroxylation is 3. The predicted octanol–water partition coefficient (Wildman–Crippen LogP) is 1.64. The van der Waals surface area contributed by atoms with Crippen LogP contribution in [0.2, 0.25) is 0 Å². The molecule has 3 N–H and O–H groups in total. The van der Waals surface area contributed by atoms with Crippen LogP contribution in [0.3, 0.4) is 0 Å². The van der Waals surface area contributed by atoms with Crippen LogP contribution >= 0.6 is 0 Å². The molecule has 0 aliphatic heterocycles. The van der Waals surface area contributed by atoms with Crippen molar-refractivity contribution in [2.24, 2.45) is 11.7 Å². The molecule has 1 aliphatic carbocycles. The second kappa shape index (κ2) is 6.60. The molecule has 21 heavy (non-hydrogen) atoms. The second-order valence-electron chi connectivity index (χ2n) is 6.02. The van der Waals surface area contributed by atoms with Crippen LogP contribution in [-0.4, -0.2) is 28.3 Å². The molecule has 1 heterocycles. The topological polar surface area (TPSA) is 72.9 Å². The number of carbonyl (C=O) groups is 1. The second-order valence-corrected chi connectivity index (χ2v) is 6.02. The van der Waals surface area contributed by atoms with Crippen molar-refractivity contribution in [2.75, 3.05) is 7.05 Å². The van der Waals surface area contributed by atoms with Gasteiger partial charge in [0.15, 0.2) is 0 Å². The Morgan fingerprint density at radius 3 is 2.86 bits per heavy atom. The molecule has 0 bridgehead atoms. The highest BCUT2D eigenvalue weighted by molar-refractivity contribution is 5.85. The summed E-state index contributed by atoms with van der Waals surface area (Å²) in [6.07, 6.45) is 5.88. The molecular formula is C16H28N4O. The van der Waals surface area contributed by atoms with E-state index >= 15 is 0 Å². The van der Waals surface area contributed by atoms with Crippen LogP contribution in [0.4, 0.5) is 0 Å². The number of primary amides is 1. The molecule has 2 atom stereocenters. The van der Waals surface area contributed by atoms with E-state index in [0.717, 1.165) is 50.8 Å². The van der Waals surface area contributed by atoms with Crippen LogP contribution < -0.4 is 11.1 Å². The molecule has 1 saturated carbocycles. The Bertz CT molecular complexity index is 496. The molecule has 1 aliphatic rings. The molecule has 1 amide bonds. The van der Waals surface area contributed by atoms with Crippen LogP contribution in [0, 0.1) is 5.92 Å². The van der Waals surface area contributed by atoms with E-state index in [1.54, 1.807) is 0 Å². The Hall–Kier alpha value is -1.36. The minimum atomic E-state index is -0.521. The van der Waals surface area contributed by atoms with E-state index in [9.17, 15) is 4.79 Å². The molecule has 1 aromatic heterocycles. The van der Waals surface area contributed by atoms with E-state index in [1.165, 1.54) is 5.69 Å². The zero-order valence-corrected chi connectivity index (χ0v) is 13.5. The summed E-state index contributed by atoms with van der Waals surface area (Å²) in [6, 6.07) is 2.19. The van der Waals surface area contributed by atoms with Crippen LogP contribution in [0.5, 0.6) is 0 Å². The summed E-state index contributed by atoms with van der Waals surface area (Å²) >= 11 is 0. The number of likely N-dealkylation sites (N-methyl/N-ethyl adjacent to an activating group) is 1. The Labute approximate surface area is 127 Å². The van der Waals surface area contributed by atoms with E-state index in [4.69, 9.17) is 5.73 Å². The number of nitrogens with zero attached hydrogens (tertiary/aromatic N) is 2. The van der Waals surface area contributed by atoms with Crippen molar-refractivity contribution in [3.05, 3.63) is 17.5 Å². The van der Waals surface area contributed by atoms with Gasteiger partial charge in [0.25, 0.3) is 0 Å². The number of amides is 1.